The number of thioether (sulfide) groups is 1. The number of carboxylic acids is 1. The average Bonchev–Trinajstić information content (AvgIpc) is 3.16. The molecule has 1 aromatic heterocycles. The summed E-state index contributed by atoms with van der Waals surface area (Å²) in [5.74, 6) is -4.55. The Morgan fingerprint density at radius 3 is 2.68 bits per heavy atom. The Hall–Kier alpha value is -3.46. The minimum Gasteiger partial charge on any atom is -0.504 e. The molecule has 0 bridgehead atoms. The Bertz CT molecular complexity index is 1050. The van der Waals surface area contributed by atoms with E-state index in [0.29, 0.717) is 0 Å². The number of amides is 2. The molecule has 2 atom stereocenters. The van der Waals surface area contributed by atoms with Crippen LogP contribution in [0.25, 0.3) is 5.76 Å². The van der Waals surface area contributed by atoms with Crippen LogP contribution in [0, 0.1) is 4.91 Å². The second-order valence-electron chi connectivity index (χ2n) is 6.26. The van der Waals surface area contributed by atoms with Crippen LogP contribution in [0.5, 0.6) is 0 Å². The third-order valence-electron chi connectivity index (χ3n) is 4.28. The molecule has 0 aliphatic carbocycles. The molecule has 1 aromatic rings. The van der Waals surface area contributed by atoms with Gasteiger partial charge in [-0.25, -0.2) is 9.78 Å². The van der Waals surface area contributed by atoms with Crippen LogP contribution in [-0.2, 0) is 23.9 Å². The topological polar surface area (TPSA) is 202 Å². The molecule has 13 nitrogen and oxygen atoms in total. The van der Waals surface area contributed by atoms with Gasteiger partial charge in [0.1, 0.15) is 29.4 Å². The number of hydrogen-bond donors (Lipinski definition) is 4. The van der Waals surface area contributed by atoms with Crippen molar-refractivity contribution in [2.24, 2.45) is 5.18 Å². The maximum absolute atomic E-state index is 12.6. The number of aliphatic hydroxyl groups is 1. The molecule has 164 valence electrons. The normalized spacial score (nSPS) is 20.9. The van der Waals surface area contributed by atoms with Gasteiger partial charge < -0.3 is 26.0 Å². The summed E-state index contributed by atoms with van der Waals surface area (Å²) >= 11 is 2.11. The molecule has 3 rings (SSSR count). The van der Waals surface area contributed by atoms with Gasteiger partial charge in [-0.2, -0.15) is 0 Å². The van der Waals surface area contributed by atoms with E-state index in [-0.39, 0.29) is 34.5 Å². The third kappa shape index (κ3) is 4.22. The molecule has 2 aliphatic heterocycles. The SMILES string of the molecule is CC(=O)OCC1=C(C(=O)O)N2C(=O)[C@@H](NC(=O)C(N=O)=C(O)c3csc(N)n3)[C@@H]2SC1. The molecule has 1 saturated heterocycles. The lowest BCUT2D eigenvalue weighted by Gasteiger charge is -2.49. The maximum atomic E-state index is 12.6. The number of aromatic nitrogens is 1. The summed E-state index contributed by atoms with van der Waals surface area (Å²) < 4.78 is 4.84. The van der Waals surface area contributed by atoms with Gasteiger partial charge in [0.2, 0.25) is 5.70 Å². The van der Waals surface area contributed by atoms with Crippen molar-refractivity contribution in [1.29, 1.82) is 0 Å². The minimum absolute atomic E-state index is 0.0909. The first-order valence-corrected chi connectivity index (χ1v) is 10.4. The Morgan fingerprint density at radius 2 is 2.13 bits per heavy atom. The van der Waals surface area contributed by atoms with Crippen molar-refractivity contribution in [3.05, 3.63) is 32.9 Å². The fourth-order valence-corrected chi connectivity index (χ4v) is 4.78. The van der Waals surface area contributed by atoms with Crippen LogP contribution in [0.3, 0.4) is 0 Å². The number of esters is 1. The van der Waals surface area contributed by atoms with E-state index in [9.17, 15) is 34.3 Å². The standard InChI is InChI=1S/C16H15N5O8S2/c1-5(22)29-2-6-3-30-14-9(13(25)21(14)10(6)15(26)27)19-12(24)8(20-28)11(23)7-4-31-16(17)18-7/h4,9,14,23H,2-3H2,1H3,(H2,17,18)(H,19,24)(H,26,27)/t9-,14+/m1/s1. The van der Waals surface area contributed by atoms with Gasteiger partial charge in [-0.05, 0) is 5.18 Å². The van der Waals surface area contributed by atoms with Crippen LogP contribution in [0.15, 0.2) is 27.5 Å². The zero-order valence-corrected chi connectivity index (χ0v) is 17.4. The summed E-state index contributed by atoms with van der Waals surface area (Å²) in [6, 6.07) is -1.16. The van der Waals surface area contributed by atoms with Crippen LogP contribution in [0.2, 0.25) is 0 Å². The molecule has 1 fully saturated rings. The van der Waals surface area contributed by atoms with Crippen LogP contribution < -0.4 is 11.1 Å². The van der Waals surface area contributed by atoms with Gasteiger partial charge in [0, 0.05) is 23.6 Å². The molecule has 3 heterocycles. The molecular weight excluding hydrogens is 454 g/mol. The Morgan fingerprint density at radius 1 is 1.42 bits per heavy atom. The predicted molar refractivity (Wildman–Crippen MR) is 108 cm³/mol. The van der Waals surface area contributed by atoms with Gasteiger partial charge in [-0.1, -0.05) is 0 Å². The average molecular weight is 469 g/mol. The number of nitrogens with one attached hydrogen (secondary N) is 1. The highest BCUT2D eigenvalue weighted by Gasteiger charge is 2.54. The van der Waals surface area contributed by atoms with Crippen molar-refractivity contribution in [2.75, 3.05) is 18.1 Å². The summed E-state index contributed by atoms with van der Waals surface area (Å²) in [6.07, 6.45) is 0. The maximum Gasteiger partial charge on any atom is 0.352 e. The number of fused-ring (bicyclic) bond motifs is 1. The smallest absolute Gasteiger partial charge is 0.352 e. The lowest BCUT2D eigenvalue weighted by atomic mass is 10.0. The molecule has 5 N–H and O–H groups in total. The second kappa shape index (κ2) is 8.73. The molecule has 2 aliphatic rings. The Kier molecular flexibility index (Phi) is 6.26. The first-order valence-electron chi connectivity index (χ1n) is 8.47. The van der Waals surface area contributed by atoms with Gasteiger partial charge in [0.15, 0.2) is 10.9 Å². The zero-order valence-electron chi connectivity index (χ0n) is 15.7. The van der Waals surface area contributed by atoms with Gasteiger partial charge in [0.25, 0.3) is 11.8 Å². The highest BCUT2D eigenvalue weighted by Crippen LogP contribution is 2.40. The van der Waals surface area contributed by atoms with E-state index in [1.54, 1.807) is 0 Å². The number of carbonyl (C=O) groups is 4. The van der Waals surface area contributed by atoms with E-state index in [4.69, 9.17) is 10.5 Å². The van der Waals surface area contributed by atoms with Gasteiger partial charge in [-0.15, -0.1) is 28.0 Å². The van der Waals surface area contributed by atoms with E-state index in [1.165, 1.54) is 12.3 Å². The number of aliphatic carboxylic acids is 1. The van der Waals surface area contributed by atoms with E-state index >= 15 is 0 Å². The number of aliphatic hydroxyl groups excluding tert-OH is 1. The molecule has 0 saturated carbocycles. The number of nitrogen functional groups attached to an aromatic ring is 1. The molecule has 2 amide bonds. The number of nitrogens with two attached hydrogens (primary N) is 1. The summed E-state index contributed by atoms with van der Waals surface area (Å²) in [5, 5.41) is 25.0. The van der Waals surface area contributed by atoms with Crippen molar-refractivity contribution in [3.8, 4) is 0 Å². The van der Waals surface area contributed by atoms with Gasteiger partial charge in [-0.3, -0.25) is 19.3 Å². The summed E-state index contributed by atoms with van der Waals surface area (Å²) in [5.41, 5.74) is 4.33. The van der Waals surface area contributed by atoms with Crippen molar-refractivity contribution in [1.82, 2.24) is 15.2 Å². The molecule has 0 aromatic carbocycles. The highest BCUT2D eigenvalue weighted by molar-refractivity contribution is 8.00. The van der Waals surface area contributed by atoms with E-state index in [2.05, 4.69) is 15.5 Å². The number of nitroso groups, excluding NO2 is 1. The van der Waals surface area contributed by atoms with E-state index < -0.39 is 46.6 Å². The fourth-order valence-electron chi connectivity index (χ4n) is 2.90. The number of anilines is 1. The largest absolute Gasteiger partial charge is 0.504 e. The van der Waals surface area contributed by atoms with Crippen LogP contribution in [-0.4, -0.2) is 67.6 Å². The first-order chi connectivity index (χ1) is 14.6. The number of carboxylic acid groups (broad SMARTS) is 1. The van der Waals surface area contributed by atoms with Crippen LogP contribution in [0.4, 0.5) is 5.13 Å². The van der Waals surface area contributed by atoms with Crippen molar-refractivity contribution in [2.45, 2.75) is 18.3 Å². The zero-order chi connectivity index (χ0) is 22.9. The molecular formula is C16H15N5O8S2. The summed E-state index contributed by atoms with van der Waals surface area (Å²) in [6.45, 7) is 0.881. The number of nitrogens with zero attached hydrogens (tertiary/aromatic N) is 3. The summed E-state index contributed by atoms with van der Waals surface area (Å²) in [4.78, 5) is 63.5. The van der Waals surface area contributed by atoms with Gasteiger partial charge in [0.05, 0.1) is 0 Å². The Labute approximate surface area is 181 Å². The quantitative estimate of drug-likeness (QED) is 0.138. The number of β-lactam (4-membered cyclic amide) rings is 1. The van der Waals surface area contributed by atoms with Crippen molar-refractivity contribution in [3.63, 3.8) is 0 Å². The van der Waals surface area contributed by atoms with Gasteiger partial charge >= 0.3 is 11.9 Å². The molecule has 0 radical (unpaired) electrons. The van der Waals surface area contributed by atoms with Crippen LogP contribution >= 0.6 is 23.1 Å². The van der Waals surface area contributed by atoms with E-state index in [1.807, 2.05) is 0 Å². The number of carbonyl (C=O) groups excluding carboxylic acids is 3. The predicted octanol–water partition coefficient (Wildman–Crippen LogP) is 0.0200. The fraction of sp³-hybridized carbons (Fsp3) is 0.312. The molecule has 0 unspecified atom stereocenters. The number of rotatable bonds is 7. The number of thiazole rings is 1. The first kappa shape index (κ1) is 22.2. The second-order valence-corrected chi connectivity index (χ2v) is 8.25. The molecule has 31 heavy (non-hydrogen) atoms. The molecule has 15 heteroatoms. The summed E-state index contributed by atoms with van der Waals surface area (Å²) in [7, 11) is 0. The third-order valence-corrected chi connectivity index (χ3v) is 6.29. The minimum atomic E-state index is -1.39. The molecule has 0 spiro atoms. The lowest BCUT2D eigenvalue weighted by molar-refractivity contribution is -0.150. The Balaban J connectivity index is 1.79. The lowest BCUT2D eigenvalue weighted by Crippen LogP contribution is -2.70. The highest BCUT2D eigenvalue weighted by atomic mass is 32.2. The van der Waals surface area contributed by atoms with Crippen molar-refractivity contribution >= 4 is 57.7 Å². The number of ether oxygens (including phenoxy) is 1. The number of hydrogen-bond acceptors (Lipinski definition) is 12. The monoisotopic (exact) mass is 469 g/mol. The van der Waals surface area contributed by atoms with Crippen LogP contribution in [0.1, 0.15) is 12.6 Å². The van der Waals surface area contributed by atoms with E-state index in [0.717, 1.165) is 28.0 Å². The van der Waals surface area contributed by atoms with Crippen molar-refractivity contribution < 1.29 is 34.1 Å².